The molecule has 3 aromatic carbocycles. The van der Waals surface area contributed by atoms with Gasteiger partial charge in [-0.3, -0.25) is 0 Å². The zero-order valence-electron chi connectivity index (χ0n) is 15.9. The van der Waals surface area contributed by atoms with Crippen molar-refractivity contribution < 1.29 is 37.1 Å². The largest absolute Gasteiger partial charge is 0.524 e. The van der Waals surface area contributed by atoms with Gasteiger partial charge in [-0.15, -0.1) is 0 Å². The van der Waals surface area contributed by atoms with Crippen LogP contribution in [0.25, 0.3) is 33.1 Å². The van der Waals surface area contributed by atoms with Gasteiger partial charge in [-0.25, -0.2) is 19.2 Å². The Morgan fingerprint density at radius 3 is 2.06 bits per heavy atom. The van der Waals surface area contributed by atoms with E-state index in [0.717, 1.165) is 0 Å². The maximum atomic E-state index is 12.3. The van der Waals surface area contributed by atoms with Gasteiger partial charge in [-0.2, -0.15) is 0 Å². The van der Waals surface area contributed by atoms with Gasteiger partial charge in [0.15, 0.2) is 22.7 Å². The predicted octanol–water partition coefficient (Wildman–Crippen LogP) is 4.31. The first-order chi connectivity index (χ1) is 15.5. The molecule has 0 N–H and O–H groups in total. The highest BCUT2D eigenvalue weighted by molar-refractivity contribution is 6.03. The van der Waals surface area contributed by atoms with Crippen LogP contribution in [0.5, 0.6) is 11.5 Å². The first-order valence-corrected chi connectivity index (χ1v) is 9.08. The fourth-order valence-corrected chi connectivity index (χ4v) is 3.29. The topological polar surface area (TPSA) is 135 Å². The summed E-state index contributed by atoms with van der Waals surface area (Å²) in [5, 5.41) is 1.03. The number of carbonyl (C=O) groups excluding carboxylic acids is 2. The molecule has 5 aromatic rings. The lowest BCUT2D eigenvalue weighted by Gasteiger charge is -2.12. The average Bonchev–Trinajstić information content (AvgIpc) is 2.76. The summed E-state index contributed by atoms with van der Waals surface area (Å²) in [5.41, 5.74) is 0.383. The van der Waals surface area contributed by atoms with Gasteiger partial charge in [0.05, 0.1) is 0 Å². The molecule has 0 aliphatic carbocycles. The highest BCUT2D eigenvalue weighted by Gasteiger charge is 2.24. The number of hydrogen-bond donors (Lipinski definition) is 0. The van der Waals surface area contributed by atoms with Crippen LogP contribution in [0.15, 0.2) is 83.5 Å². The summed E-state index contributed by atoms with van der Waals surface area (Å²) in [5.74, 6) is -3.39. The number of rotatable bonds is 1. The van der Waals surface area contributed by atoms with Crippen molar-refractivity contribution in [1.82, 2.24) is 0 Å². The number of ether oxygens (including phenoxy) is 3. The normalized spacial score (nSPS) is 12.9. The van der Waals surface area contributed by atoms with E-state index in [1.807, 2.05) is 0 Å². The maximum absolute atomic E-state index is 12.3. The second-order valence-electron chi connectivity index (χ2n) is 6.46. The molecule has 1 aliphatic rings. The van der Waals surface area contributed by atoms with Crippen molar-refractivity contribution in [3.05, 3.63) is 81.9 Å². The van der Waals surface area contributed by atoms with Gasteiger partial charge >= 0.3 is 24.0 Å². The van der Waals surface area contributed by atoms with Crippen molar-refractivity contribution in [2.45, 2.75) is 0 Å². The van der Waals surface area contributed by atoms with E-state index in [4.69, 9.17) is 18.3 Å². The second-order valence-corrected chi connectivity index (χ2v) is 6.46. The molecule has 0 spiro atoms. The van der Waals surface area contributed by atoms with Crippen LogP contribution in [0.1, 0.15) is 0 Å². The molecular weight excluding hydrogens is 424 g/mol. The Morgan fingerprint density at radius 2 is 1.28 bits per heavy atom. The number of hydrogen-bond acceptors (Lipinski definition) is 10. The summed E-state index contributed by atoms with van der Waals surface area (Å²) in [7, 11) is 0. The summed E-state index contributed by atoms with van der Waals surface area (Å²) in [6.07, 6.45) is -2.87. The zero-order chi connectivity index (χ0) is 22.2. The predicted molar refractivity (Wildman–Crippen MR) is 107 cm³/mol. The van der Waals surface area contributed by atoms with Crippen LogP contribution < -0.4 is 21.1 Å². The molecule has 2 aromatic heterocycles. The molecule has 10 nitrogen and oxygen atoms in total. The third-order valence-electron chi connectivity index (χ3n) is 4.54. The lowest BCUT2D eigenvalue weighted by atomic mass is 9.98. The van der Waals surface area contributed by atoms with E-state index in [1.165, 1.54) is 18.2 Å². The molecule has 10 heteroatoms. The van der Waals surface area contributed by atoms with E-state index in [9.17, 15) is 19.2 Å². The fraction of sp³-hybridized carbons (Fsp3) is 0. The SMILES string of the molecule is O=C1OC(=O)Oc2c(-c3ccccc3)c3ccc2oc(=O)oc(=O)oc2ccc3cc2O1. The summed E-state index contributed by atoms with van der Waals surface area (Å²) in [6, 6.07) is 16.0. The van der Waals surface area contributed by atoms with Gasteiger partial charge in [0, 0.05) is 5.56 Å². The first-order valence-electron chi connectivity index (χ1n) is 9.08. The number of benzene rings is 3. The van der Waals surface area contributed by atoms with Crippen LogP contribution in [-0.4, -0.2) is 12.3 Å². The van der Waals surface area contributed by atoms with Gasteiger partial charge in [0.2, 0.25) is 0 Å². The summed E-state index contributed by atoms with van der Waals surface area (Å²) >= 11 is 0. The van der Waals surface area contributed by atoms with Crippen LogP contribution in [0.4, 0.5) is 9.59 Å². The Kier molecular flexibility index (Phi) is 4.44. The monoisotopic (exact) mass is 434 g/mol. The molecular formula is C22H10O10. The molecule has 32 heavy (non-hydrogen) atoms. The van der Waals surface area contributed by atoms with Crippen molar-refractivity contribution in [3.63, 3.8) is 0 Å². The minimum atomic E-state index is -1.44. The molecule has 1 aliphatic heterocycles. The van der Waals surface area contributed by atoms with Gasteiger partial charge < -0.3 is 27.5 Å². The van der Waals surface area contributed by atoms with Crippen LogP contribution in [0, 0.1) is 0 Å². The quantitative estimate of drug-likeness (QED) is 0.242. The molecule has 0 amide bonds. The smallest absolute Gasteiger partial charge is 0.391 e. The molecule has 0 saturated heterocycles. The first kappa shape index (κ1) is 19.1. The van der Waals surface area contributed by atoms with E-state index in [0.29, 0.717) is 21.9 Å². The van der Waals surface area contributed by atoms with Crippen LogP contribution in [0.2, 0.25) is 0 Å². The Bertz CT molecular complexity index is 1570. The van der Waals surface area contributed by atoms with Crippen molar-refractivity contribution >= 4 is 34.2 Å². The van der Waals surface area contributed by atoms with E-state index < -0.39 is 24.0 Å². The van der Waals surface area contributed by atoms with Gasteiger partial charge in [0.25, 0.3) is 0 Å². The number of fused-ring (bicyclic) bond motifs is 6. The minimum Gasteiger partial charge on any atom is -0.391 e. The van der Waals surface area contributed by atoms with Crippen molar-refractivity contribution in [1.29, 1.82) is 0 Å². The molecule has 158 valence electrons. The Labute approximate surface area is 176 Å². The van der Waals surface area contributed by atoms with Crippen LogP contribution in [-0.2, 0) is 4.74 Å². The third-order valence-corrected chi connectivity index (χ3v) is 4.54. The maximum Gasteiger partial charge on any atom is 0.524 e. The molecule has 6 bridgehead atoms. The molecule has 0 unspecified atom stereocenters. The van der Waals surface area contributed by atoms with E-state index >= 15 is 0 Å². The standard InChI is InChI=1S/C22H10O10/c23-19-27-14-8-6-12-10-16(14)29-21(25)32-22(26)30-18-15(28-20(24)31-19)9-7-13(12)17(18)11-4-2-1-3-5-11/h1-10H. The van der Waals surface area contributed by atoms with E-state index in [2.05, 4.69) is 9.15 Å². The molecule has 0 saturated carbocycles. The van der Waals surface area contributed by atoms with E-state index in [1.54, 1.807) is 42.5 Å². The third kappa shape index (κ3) is 3.45. The minimum absolute atomic E-state index is 0.247. The highest BCUT2D eigenvalue weighted by Crippen LogP contribution is 2.40. The van der Waals surface area contributed by atoms with Crippen molar-refractivity contribution in [3.8, 4) is 22.6 Å². The molecule has 3 heterocycles. The van der Waals surface area contributed by atoms with Crippen LogP contribution >= 0.6 is 0 Å². The van der Waals surface area contributed by atoms with Crippen LogP contribution in [0.3, 0.4) is 0 Å². The van der Waals surface area contributed by atoms with Gasteiger partial charge in [0.1, 0.15) is 0 Å². The summed E-state index contributed by atoms with van der Waals surface area (Å²) in [6.45, 7) is 0. The summed E-state index contributed by atoms with van der Waals surface area (Å²) in [4.78, 5) is 48.5. The average molecular weight is 434 g/mol. The Morgan fingerprint density at radius 1 is 0.594 bits per heavy atom. The Hall–Kier alpha value is -4.86. The second kappa shape index (κ2) is 7.43. The molecule has 0 fully saturated rings. The molecule has 6 rings (SSSR count). The lowest BCUT2D eigenvalue weighted by molar-refractivity contribution is 0.0893. The Balaban J connectivity index is 2.10. The summed E-state index contributed by atoms with van der Waals surface area (Å²) < 4.78 is 29.3. The van der Waals surface area contributed by atoms with Crippen molar-refractivity contribution in [2.24, 2.45) is 0 Å². The van der Waals surface area contributed by atoms with Crippen molar-refractivity contribution in [2.75, 3.05) is 0 Å². The fourth-order valence-electron chi connectivity index (χ4n) is 3.29. The van der Waals surface area contributed by atoms with Gasteiger partial charge in [-0.05, 0) is 40.6 Å². The number of carbonyl (C=O) groups is 2. The lowest BCUT2D eigenvalue weighted by Crippen LogP contribution is -2.19. The number of cyclic esters (lactones) is 2. The molecule has 0 atom stereocenters. The zero-order valence-corrected chi connectivity index (χ0v) is 15.9. The molecule has 0 radical (unpaired) electrons. The highest BCUT2D eigenvalue weighted by atomic mass is 16.8. The van der Waals surface area contributed by atoms with E-state index in [-0.39, 0.29) is 22.7 Å². The van der Waals surface area contributed by atoms with Gasteiger partial charge in [-0.1, -0.05) is 36.4 Å².